The highest BCUT2D eigenvalue weighted by Gasteiger charge is 2.41. The number of hydrogen-bond donors (Lipinski definition) is 4. The zero-order valence-electron chi connectivity index (χ0n) is 10.9. The van der Waals surface area contributed by atoms with Crippen LogP contribution in [0.1, 0.15) is 23.2 Å². The van der Waals surface area contributed by atoms with E-state index in [-0.39, 0.29) is 36.4 Å². The highest BCUT2D eigenvalue weighted by Crippen LogP contribution is 2.27. The van der Waals surface area contributed by atoms with Crippen molar-refractivity contribution in [2.45, 2.75) is 31.1 Å². The molecule has 0 aliphatic carbocycles. The van der Waals surface area contributed by atoms with Gasteiger partial charge in [-0.2, -0.15) is 13.2 Å². The van der Waals surface area contributed by atoms with Crippen molar-refractivity contribution in [2.24, 2.45) is 0 Å². The fourth-order valence-corrected chi connectivity index (χ4v) is 2.23. The van der Waals surface area contributed by atoms with Crippen molar-refractivity contribution < 1.29 is 28.2 Å². The third-order valence-corrected chi connectivity index (χ3v) is 3.37. The Morgan fingerprint density at radius 2 is 2.00 bits per heavy atom. The fourth-order valence-electron chi connectivity index (χ4n) is 2.23. The molecule has 1 aliphatic rings. The third kappa shape index (κ3) is 3.78. The van der Waals surface area contributed by atoms with E-state index >= 15 is 0 Å². The van der Waals surface area contributed by atoms with Gasteiger partial charge in [0.2, 0.25) is 0 Å². The monoisotopic (exact) mass is 304 g/mol. The van der Waals surface area contributed by atoms with E-state index in [1.807, 2.05) is 0 Å². The Hall–Kier alpha value is -1.96. The zero-order chi connectivity index (χ0) is 15.6. The number of benzene rings is 1. The second kappa shape index (κ2) is 5.80. The molecule has 4 N–H and O–H groups in total. The van der Waals surface area contributed by atoms with Crippen LogP contribution in [-0.2, 0) is 0 Å². The number of nitrogens with one attached hydrogen (secondary N) is 2. The maximum Gasteiger partial charge on any atom is 0.403 e. The molecule has 1 aromatic carbocycles. The number of amides is 1. The number of phenolic OH excluding ortho intramolecular Hbond substituents is 2. The Morgan fingerprint density at radius 3 is 2.57 bits per heavy atom. The number of alkyl halides is 3. The Bertz CT molecular complexity index is 526. The molecule has 1 aliphatic heterocycles. The van der Waals surface area contributed by atoms with Crippen LogP contribution >= 0.6 is 0 Å². The standard InChI is InChI=1S/C13H15F3N2O3/c14-13(15,16)11-4-1-7(6-17-11)18-12(21)9-5-8(19)2-3-10(9)20/h2-3,5,7,11,17,19-20H,1,4,6H2,(H,18,21). The first kappa shape index (κ1) is 15.4. The van der Waals surface area contributed by atoms with Gasteiger partial charge < -0.3 is 20.8 Å². The lowest BCUT2D eigenvalue weighted by molar-refractivity contribution is -0.160. The molecule has 1 amide bonds. The van der Waals surface area contributed by atoms with E-state index < -0.39 is 24.2 Å². The number of aromatic hydroxyl groups is 2. The molecule has 2 rings (SSSR count). The number of hydrogen-bond acceptors (Lipinski definition) is 4. The number of carbonyl (C=O) groups is 1. The molecule has 2 atom stereocenters. The summed E-state index contributed by atoms with van der Waals surface area (Å²) in [6.07, 6.45) is -4.23. The molecule has 21 heavy (non-hydrogen) atoms. The van der Waals surface area contributed by atoms with Crippen LogP contribution in [-0.4, -0.2) is 40.9 Å². The van der Waals surface area contributed by atoms with Crippen molar-refractivity contribution >= 4 is 5.91 Å². The van der Waals surface area contributed by atoms with E-state index in [1.165, 1.54) is 12.1 Å². The van der Waals surface area contributed by atoms with E-state index in [1.54, 1.807) is 0 Å². The smallest absolute Gasteiger partial charge is 0.403 e. The van der Waals surface area contributed by atoms with Gasteiger partial charge in [0.1, 0.15) is 17.5 Å². The van der Waals surface area contributed by atoms with Gasteiger partial charge in [-0.25, -0.2) is 0 Å². The lowest BCUT2D eigenvalue weighted by atomic mass is 10.00. The normalized spacial score (nSPS) is 22.8. The van der Waals surface area contributed by atoms with Crippen LogP contribution in [0.15, 0.2) is 18.2 Å². The van der Waals surface area contributed by atoms with Crippen molar-refractivity contribution in [3.05, 3.63) is 23.8 Å². The topological polar surface area (TPSA) is 81.6 Å². The molecule has 1 fully saturated rings. The third-order valence-electron chi connectivity index (χ3n) is 3.37. The fraction of sp³-hybridized carbons (Fsp3) is 0.462. The molecule has 1 saturated heterocycles. The zero-order valence-corrected chi connectivity index (χ0v) is 10.9. The molecule has 0 spiro atoms. The summed E-state index contributed by atoms with van der Waals surface area (Å²) in [4.78, 5) is 11.9. The summed E-state index contributed by atoms with van der Waals surface area (Å²) >= 11 is 0. The molecule has 0 saturated carbocycles. The van der Waals surface area contributed by atoms with Crippen LogP contribution < -0.4 is 10.6 Å². The van der Waals surface area contributed by atoms with Crippen LogP contribution in [0.3, 0.4) is 0 Å². The average molecular weight is 304 g/mol. The summed E-state index contributed by atoms with van der Waals surface area (Å²) in [6, 6.07) is 1.47. The molecule has 8 heteroatoms. The molecule has 116 valence electrons. The van der Waals surface area contributed by atoms with Gasteiger partial charge >= 0.3 is 6.18 Å². The van der Waals surface area contributed by atoms with Gasteiger partial charge in [-0.1, -0.05) is 0 Å². The first-order chi connectivity index (χ1) is 9.77. The van der Waals surface area contributed by atoms with Gasteiger partial charge in [0.25, 0.3) is 5.91 Å². The molecule has 0 bridgehead atoms. The molecule has 2 unspecified atom stereocenters. The first-order valence-electron chi connectivity index (χ1n) is 6.40. The second-order valence-corrected chi connectivity index (χ2v) is 4.95. The molecular formula is C13H15F3N2O3. The van der Waals surface area contributed by atoms with Crippen molar-refractivity contribution in [2.75, 3.05) is 6.54 Å². The van der Waals surface area contributed by atoms with Gasteiger partial charge in [0.15, 0.2) is 0 Å². The molecule has 1 aromatic rings. The quantitative estimate of drug-likeness (QED) is 0.624. The lowest BCUT2D eigenvalue weighted by Crippen LogP contribution is -2.54. The van der Waals surface area contributed by atoms with Crippen LogP contribution in [0.5, 0.6) is 11.5 Å². The van der Waals surface area contributed by atoms with E-state index in [2.05, 4.69) is 10.6 Å². The Balaban J connectivity index is 1.94. The maximum atomic E-state index is 12.5. The van der Waals surface area contributed by atoms with Crippen molar-refractivity contribution in [1.29, 1.82) is 0 Å². The van der Waals surface area contributed by atoms with Crippen molar-refractivity contribution in [3.63, 3.8) is 0 Å². The predicted molar refractivity (Wildman–Crippen MR) is 68.1 cm³/mol. The van der Waals surface area contributed by atoms with Crippen molar-refractivity contribution in [1.82, 2.24) is 10.6 Å². The minimum absolute atomic E-state index is 0.00447. The van der Waals surface area contributed by atoms with Gasteiger partial charge in [-0.15, -0.1) is 0 Å². The molecule has 0 aromatic heterocycles. The lowest BCUT2D eigenvalue weighted by Gasteiger charge is -2.31. The van der Waals surface area contributed by atoms with E-state index in [0.29, 0.717) is 0 Å². The second-order valence-electron chi connectivity index (χ2n) is 4.95. The molecule has 1 heterocycles. The number of carbonyl (C=O) groups excluding carboxylic acids is 1. The number of piperidine rings is 1. The van der Waals surface area contributed by atoms with Crippen LogP contribution in [0.25, 0.3) is 0 Å². The average Bonchev–Trinajstić information content (AvgIpc) is 2.41. The highest BCUT2D eigenvalue weighted by atomic mass is 19.4. The van der Waals surface area contributed by atoms with E-state index in [9.17, 15) is 28.2 Å². The summed E-state index contributed by atoms with van der Waals surface area (Å²) in [5.74, 6) is -1.13. The minimum atomic E-state index is -4.29. The van der Waals surface area contributed by atoms with E-state index in [4.69, 9.17) is 0 Å². The first-order valence-corrected chi connectivity index (χ1v) is 6.40. The number of phenols is 2. The molecule has 0 radical (unpaired) electrons. The van der Waals surface area contributed by atoms with Gasteiger partial charge in [-0.05, 0) is 31.0 Å². The predicted octanol–water partition coefficient (Wildman–Crippen LogP) is 1.51. The molecular weight excluding hydrogens is 289 g/mol. The Kier molecular flexibility index (Phi) is 4.26. The summed E-state index contributed by atoms with van der Waals surface area (Å²) in [5.41, 5.74) is -0.118. The largest absolute Gasteiger partial charge is 0.508 e. The minimum Gasteiger partial charge on any atom is -0.508 e. The SMILES string of the molecule is O=C(NC1CCC(C(F)(F)F)NC1)c1cc(O)ccc1O. The summed E-state index contributed by atoms with van der Waals surface area (Å²) in [6.45, 7) is -0.00447. The van der Waals surface area contributed by atoms with Crippen molar-refractivity contribution in [3.8, 4) is 11.5 Å². The summed E-state index contributed by atoms with van der Waals surface area (Å²) in [7, 11) is 0. The van der Waals surface area contributed by atoms with Crippen LogP contribution in [0.4, 0.5) is 13.2 Å². The molecule has 5 nitrogen and oxygen atoms in total. The summed E-state index contributed by atoms with van der Waals surface area (Å²) in [5, 5.41) is 23.7. The van der Waals surface area contributed by atoms with Gasteiger partial charge in [-0.3, -0.25) is 4.79 Å². The highest BCUT2D eigenvalue weighted by molar-refractivity contribution is 5.97. The van der Waals surface area contributed by atoms with Crippen LogP contribution in [0, 0.1) is 0 Å². The number of rotatable bonds is 2. The number of halogens is 3. The van der Waals surface area contributed by atoms with Gasteiger partial charge in [0, 0.05) is 12.6 Å². The van der Waals surface area contributed by atoms with E-state index in [0.717, 1.165) is 6.07 Å². The Morgan fingerprint density at radius 1 is 1.29 bits per heavy atom. The Labute approximate surface area is 118 Å². The van der Waals surface area contributed by atoms with Crippen LogP contribution in [0.2, 0.25) is 0 Å². The maximum absolute atomic E-state index is 12.5. The van der Waals surface area contributed by atoms with Gasteiger partial charge in [0.05, 0.1) is 5.56 Å². The summed E-state index contributed by atoms with van der Waals surface area (Å²) < 4.78 is 37.4.